The first-order valence-corrected chi connectivity index (χ1v) is 6.91. The summed E-state index contributed by atoms with van der Waals surface area (Å²) in [6.45, 7) is 5.65. The SMILES string of the molecule is COC(=O)C(C)(C)NC(C)Cc1ccc(OC)c(OC)c1. The molecule has 0 fully saturated rings. The zero-order chi connectivity index (χ0) is 16.0. The fourth-order valence-corrected chi connectivity index (χ4v) is 2.34. The average Bonchev–Trinajstić information content (AvgIpc) is 2.45. The molecule has 0 saturated heterocycles. The lowest BCUT2D eigenvalue weighted by molar-refractivity contribution is -0.147. The van der Waals surface area contributed by atoms with Crippen LogP contribution in [-0.2, 0) is 16.0 Å². The molecule has 21 heavy (non-hydrogen) atoms. The van der Waals surface area contributed by atoms with Crippen molar-refractivity contribution in [2.75, 3.05) is 21.3 Å². The molecule has 5 nitrogen and oxygen atoms in total. The molecule has 0 heterocycles. The van der Waals surface area contributed by atoms with Gasteiger partial charge in [-0.25, -0.2) is 0 Å². The van der Waals surface area contributed by atoms with Crippen molar-refractivity contribution >= 4 is 5.97 Å². The molecular weight excluding hydrogens is 270 g/mol. The maximum absolute atomic E-state index is 11.7. The van der Waals surface area contributed by atoms with Crippen LogP contribution in [0.5, 0.6) is 11.5 Å². The largest absolute Gasteiger partial charge is 0.493 e. The molecule has 1 atom stereocenters. The summed E-state index contributed by atoms with van der Waals surface area (Å²) in [4.78, 5) is 11.7. The van der Waals surface area contributed by atoms with E-state index in [1.54, 1.807) is 14.2 Å². The minimum absolute atomic E-state index is 0.109. The number of benzene rings is 1. The number of esters is 1. The molecule has 0 amide bonds. The fourth-order valence-electron chi connectivity index (χ4n) is 2.34. The highest BCUT2D eigenvalue weighted by Gasteiger charge is 2.29. The van der Waals surface area contributed by atoms with Gasteiger partial charge in [-0.05, 0) is 44.9 Å². The second-order valence-electron chi connectivity index (χ2n) is 5.56. The molecule has 0 radical (unpaired) electrons. The van der Waals surface area contributed by atoms with E-state index >= 15 is 0 Å². The lowest BCUT2D eigenvalue weighted by atomic mass is 10.0. The van der Waals surface area contributed by atoms with E-state index in [-0.39, 0.29) is 12.0 Å². The van der Waals surface area contributed by atoms with Crippen LogP contribution in [0.25, 0.3) is 0 Å². The van der Waals surface area contributed by atoms with E-state index in [0.717, 1.165) is 12.0 Å². The topological polar surface area (TPSA) is 56.8 Å². The molecule has 1 aromatic carbocycles. The lowest BCUT2D eigenvalue weighted by Crippen LogP contribution is -2.51. The van der Waals surface area contributed by atoms with Gasteiger partial charge in [0, 0.05) is 6.04 Å². The first-order chi connectivity index (χ1) is 9.83. The van der Waals surface area contributed by atoms with E-state index in [9.17, 15) is 4.79 Å². The first-order valence-electron chi connectivity index (χ1n) is 6.91. The molecule has 0 saturated carbocycles. The minimum atomic E-state index is -0.718. The highest BCUT2D eigenvalue weighted by atomic mass is 16.5. The average molecular weight is 295 g/mol. The van der Waals surface area contributed by atoms with Gasteiger partial charge in [0.15, 0.2) is 11.5 Å². The smallest absolute Gasteiger partial charge is 0.325 e. The number of ether oxygens (including phenoxy) is 3. The van der Waals surface area contributed by atoms with Crippen molar-refractivity contribution in [3.63, 3.8) is 0 Å². The molecule has 0 aliphatic heterocycles. The van der Waals surface area contributed by atoms with Crippen LogP contribution in [0, 0.1) is 0 Å². The van der Waals surface area contributed by atoms with Crippen LogP contribution in [0.1, 0.15) is 26.3 Å². The summed E-state index contributed by atoms with van der Waals surface area (Å²) in [6.07, 6.45) is 0.765. The van der Waals surface area contributed by atoms with Gasteiger partial charge in [-0.3, -0.25) is 10.1 Å². The number of hydrogen-bond donors (Lipinski definition) is 1. The van der Waals surface area contributed by atoms with Crippen molar-refractivity contribution < 1.29 is 19.0 Å². The van der Waals surface area contributed by atoms with Crippen molar-refractivity contribution in [1.29, 1.82) is 0 Å². The third-order valence-electron chi connectivity index (χ3n) is 3.29. The monoisotopic (exact) mass is 295 g/mol. The van der Waals surface area contributed by atoms with Gasteiger partial charge in [0.05, 0.1) is 21.3 Å². The van der Waals surface area contributed by atoms with Crippen LogP contribution in [0.15, 0.2) is 18.2 Å². The minimum Gasteiger partial charge on any atom is -0.493 e. The molecule has 1 aromatic rings. The van der Waals surface area contributed by atoms with Crippen molar-refractivity contribution in [1.82, 2.24) is 5.32 Å². The maximum Gasteiger partial charge on any atom is 0.325 e. The summed E-state index contributed by atoms with van der Waals surface area (Å²) in [5.74, 6) is 1.13. The van der Waals surface area contributed by atoms with E-state index in [1.165, 1.54) is 7.11 Å². The molecule has 0 aromatic heterocycles. The van der Waals surface area contributed by atoms with Crippen molar-refractivity contribution in [3.05, 3.63) is 23.8 Å². The van der Waals surface area contributed by atoms with E-state index in [4.69, 9.17) is 14.2 Å². The van der Waals surface area contributed by atoms with Gasteiger partial charge < -0.3 is 14.2 Å². The zero-order valence-corrected chi connectivity index (χ0v) is 13.6. The molecule has 1 N–H and O–H groups in total. The van der Waals surface area contributed by atoms with Gasteiger partial charge >= 0.3 is 5.97 Å². The third-order valence-corrected chi connectivity index (χ3v) is 3.29. The fraction of sp³-hybridized carbons (Fsp3) is 0.562. The summed E-state index contributed by atoms with van der Waals surface area (Å²) < 4.78 is 15.3. The van der Waals surface area contributed by atoms with Crippen LogP contribution < -0.4 is 14.8 Å². The normalized spacial score (nSPS) is 12.7. The van der Waals surface area contributed by atoms with Gasteiger partial charge in [0.2, 0.25) is 0 Å². The number of carbonyl (C=O) groups excluding carboxylic acids is 1. The number of carbonyl (C=O) groups is 1. The Kier molecular flexibility index (Phi) is 6.03. The molecule has 118 valence electrons. The van der Waals surface area contributed by atoms with Crippen LogP contribution >= 0.6 is 0 Å². The predicted molar refractivity (Wildman–Crippen MR) is 81.9 cm³/mol. The molecule has 0 aliphatic rings. The maximum atomic E-state index is 11.7. The molecular formula is C16H25NO4. The number of nitrogens with one attached hydrogen (secondary N) is 1. The molecule has 0 bridgehead atoms. The summed E-state index contributed by atoms with van der Waals surface area (Å²) in [5.41, 5.74) is 0.387. The third kappa shape index (κ3) is 4.63. The predicted octanol–water partition coefficient (Wildman–Crippen LogP) is 2.18. The summed E-state index contributed by atoms with van der Waals surface area (Å²) >= 11 is 0. The molecule has 1 rings (SSSR count). The van der Waals surface area contributed by atoms with E-state index < -0.39 is 5.54 Å². The van der Waals surface area contributed by atoms with Gasteiger partial charge in [0.25, 0.3) is 0 Å². The number of rotatable bonds is 7. The first kappa shape index (κ1) is 17.3. The zero-order valence-electron chi connectivity index (χ0n) is 13.6. The Labute approximate surface area is 126 Å². The molecule has 1 unspecified atom stereocenters. The van der Waals surface area contributed by atoms with Crippen molar-refractivity contribution in [2.45, 2.75) is 38.8 Å². The van der Waals surface area contributed by atoms with Crippen LogP contribution in [0.4, 0.5) is 0 Å². The van der Waals surface area contributed by atoms with E-state index in [2.05, 4.69) is 5.32 Å². The molecule has 0 aliphatic carbocycles. The highest BCUT2D eigenvalue weighted by Crippen LogP contribution is 2.28. The Morgan fingerprint density at radius 2 is 1.81 bits per heavy atom. The van der Waals surface area contributed by atoms with Gasteiger partial charge in [-0.15, -0.1) is 0 Å². The van der Waals surface area contributed by atoms with Gasteiger partial charge in [-0.2, -0.15) is 0 Å². The highest BCUT2D eigenvalue weighted by molar-refractivity contribution is 5.79. The second-order valence-corrected chi connectivity index (χ2v) is 5.56. The molecule has 0 spiro atoms. The summed E-state index contributed by atoms with van der Waals surface area (Å²) in [6, 6.07) is 5.93. The van der Waals surface area contributed by atoms with Crippen LogP contribution in [0.3, 0.4) is 0 Å². The van der Waals surface area contributed by atoms with Crippen LogP contribution in [-0.4, -0.2) is 38.9 Å². The Morgan fingerprint density at radius 1 is 1.19 bits per heavy atom. The van der Waals surface area contributed by atoms with Gasteiger partial charge in [-0.1, -0.05) is 6.07 Å². The Hall–Kier alpha value is -1.75. The summed E-state index contributed by atoms with van der Waals surface area (Å²) in [7, 11) is 4.62. The molecule has 5 heteroatoms. The number of methoxy groups -OCH3 is 3. The Balaban J connectivity index is 2.75. The standard InChI is InChI=1S/C16H25NO4/c1-11(17-16(2,3)15(18)21-6)9-12-7-8-13(19-4)14(10-12)20-5/h7-8,10-11,17H,9H2,1-6H3. The lowest BCUT2D eigenvalue weighted by Gasteiger charge is -2.27. The van der Waals surface area contributed by atoms with E-state index in [0.29, 0.717) is 11.5 Å². The summed E-state index contributed by atoms with van der Waals surface area (Å²) in [5, 5.41) is 3.27. The van der Waals surface area contributed by atoms with E-state index in [1.807, 2.05) is 39.0 Å². The second kappa shape index (κ2) is 7.31. The Morgan fingerprint density at radius 3 is 2.33 bits per heavy atom. The van der Waals surface area contributed by atoms with Crippen LogP contribution in [0.2, 0.25) is 0 Å². The quantitative estimate of drug-likeness (QED) is 0.781. The number of hydrogen-bond acceptors (Lipinski definition) is 5. The van der Waals surface area contributed by atoms with Gasteiger partial charge in [0.1, 0.15) is 5.54 Å². The van der Waals surface area contributed by atoms with Crippen molar-refractivity contribution in [2.24, 2.45) is 0 Å². The Bertz CT molecular complexity index is 485. The van der Waals surface area contributed by atoms with Crippen molar-refractivity contribution in [3.8, 4) is 11.5 Å².